The van der Waals surface area contributed by atoms with E-state index in [2.05, 4.69) is 70.0 Å². The molecule has 23 heavy (non-hydrogen) atoms. The molecule has 0 aromatic carbocycles. The molecule has 134 valence electrons. The van der Waals surface area contributed by atoms with Gasteiger partial charge in [0.2, 0.25) is 0 Å². The Labute approximate surface area is 142 Å². The summed E-state index contributed by atoms with van der Waals surface area (Å²) in [6, 6.07) is 0.373. The normalized spacial score (nSPS) is 12.8. The minimum Gasteiger partial charge on any atom is -0.376 e. The van der Waals surface area contributed by atoms with Gasteiger partial charge in [0.25, 0.3) is 0 Å². The quantitative estimate of drug-likeness (QED) is 0.624. The minimum atomic E-state index is -0.0517. The molecule has 5 nitrogen and oxygen atoms in total. The fourth-order valence-electron chi connectivity index (χ4n) is 2.20. The van der Waals surface area contributed by atoms with Gasteiger partial charge in [-0.1, -0.05) is 19.1 Å². The van der Waals surface area contributed by atoms with Crippen molar-refractivity contribution in [1.82, 2.24) is 19.9 Å². The van der Waals surface area contributed by atoms with Gasteiger partial charge in [-0.25, -0.2) is 4.68 Å². The summed E-state index contributed by atoms with van der Waals surface area (Å²) in [5.74, 6) is 0.702. The summed E-state index contributed by atoms with van der Waals surface area (Å²) < 4.78 is 7.95. The van der Waals surface area contributed by atoms with Crippen LogP contribution >= 0.6 is 0 Å². The van der Waals surface area contributed by atoms with Gasteiger partial charge in [-0.05, 0) is 53.5 Å². The van der Waals surface area contributed by atoms with E-state index >= 15 is 0 Å². The van der Waals surface area contributed by atoms with E-state index in [9.17, 15) is 0 Å². The van der Waals surface area contributed by atoms with Crippen LogP contribution in [0.15, 0.2) is 6.20 Å². The Bertz CT molecular complexity index is 440. The Balaban J connectivity index is 2.25. The van der Waals surface area contributed by atoms with Gasteiger partial charge in [0.1, 0.15) is 0 Å². The Hall–Kier alpha value is -0.940. The van der Waals surface area contributed by atoms with E-state index in [-0.39, 0.29) is 5.60 Å². The Kier molecular flexibility index (Phi) is 8.20. The summed E-state index contributed by atoms with van der Waals surface area (Å²) in [4.78, 5) is 2.35. The summed E-state index contributed by atoms with van der Waals surface area (Å²) in [5.41, 5.74) is 1.02. The molecule has 0 saturated carbocycles. The first-order valence-corrected chi connectivity index (χ1v) is 8.93. The second kappa shape index (κ2) is 9.38. The lowest BCUT2D eigenvalue weighted by Gasteiger charge is -2.28. The van der Waals surface area contributed by atoms with Crippen molar-refractivity contribution in [2.75, 3.05) is 26.7 Å². The Morgan fingerprint density at radius 3 is 2.48 bits per heavy atom. The van der Waals surface area contributed by atoms with Gasteiger partial charge >= 0.3 is 0 Å². The number of likely N-dealkylation sites (N-methyl/N-ethyl adjacent to an activating group) is 1. The molecule has 0 fully saturated rings. The minimum absolute atomic E-state index is 0.0517. The van der Waals surface area contributed by atoms with Gasteiger partial charge in [0.05, 0.1) is 11.3 Å². The molecule has 0 saturated heterocycles. The molecule has 1 rings (SSSR count). The van der Waals surface area contributed by atoms with Gasteiger partial charge in [0, 0.05) is 38.4 Å². The summed E-state index contributed by atoms with van der Waals surface area (Å²) in [6.07, 6.45) is 5.17. The van der Waals surface area contributed by atoms with Crippen LogP contribution < -0.4 is 0 Å². The summed E-state index contributed by atoms with van der Waals surface area (Å²) in [6.45, 7) is 16.0. The third-order valence-corrected chi connectivity index (χ3v) is 4.12. The maximum Gasteiger partial charge on any atom is 0.0840 e. The van der Waals surface area contributed by atoms with Gasteiger partial charge in [0.15, 0.2) is 0 Å². The molecule has 0 N–H and O–H groups in total. The van der Waals surface area contributed by atoms with Crippen molar-refractivity contribution in [1.29, 1.82) is 0 Å². The number of nitrogens with zero attached hydrogens (tertiary/aromatic N) is 4. The maximum absolute atomic E-state index is 6.03. The molecule has 5 heteroatoms. The summed E-state index contributed by atoms with van der Waals surface area (Å²) in [5, 5.41) is 8.39. The van der Waals surface area contributed by atoms with E-state index in [0.29, 0.717) is 12.0 Å². The molecule has 0 unspecified atom stereocenters. The highest BCUT2D eigenvalue weighted by Gasteiger charge is 2.19. The van der Waals surface area contributed by atoms with E-state index in [1.807, 2.05) is 4.68 Å². The lowest BCUT2D eigenvalue weighted by Crippen LogP contribution is -2.32. The first-order valence-electron chi connectivity index (χ1n) is 8.93. The van der Waals surface area contributed by atoms with E-state index < -0.39 is 0 Å². The van der Waals surface area contributed by atoms with Crippen LogP contribution in [0, 0.1) is 5.92 Å². The molecule has 1 aromatic rings. The molecule has 0 aliphatic rings. The van der Waals surface area contributed by atoms with Crippen LogP contribution in [0.25, 0.3) is 0 Å². The van der Waals surface area contributed by atoms with Crippen molar-refractivity contribution in [3.05, 3.63) is 11.9 Å². The van der Waals surface area contributed by atoms with Crippen LogP contribution in [-0.2, 0) is 11.2 Å². The summed E-state index contributed by atoms with van der Waals surface area (Å²) in [7, 11) is 2.16. The number of rotatable bonds is 11. The lowest BCUT2D eigenvalue weighted by atomic mass is 10.0. The largest absolute Gasteiger partial charge is 0.376 e. The molecule has 0 bridgehead atoms. The number of hydrogen-bond donors (Lipinski definition) is 0. The zero-order valence-electron chi connectivity index (χ0n) is 16.2. The first-order chi connectivity index (χ1) is 10.7. The molecular weight excluding hydrogens is 288 g/mol. The predicted octanol–water partition coefficient (Wildman–Crippen LogP) is 3.56. The summed E-state index contributed by atoms with van der Waals surface area (Å²) >= 11 is 0. The van der Waals surface area contributed by atoms with Crippen LogP contribution in [0.2, 0.25) is 0 Å². The molecule has 0 aliphatic carbocycles. The zero-order chi connectivity index (χ0) is 17.5. The van der Waals surface area contributed by atoms with E-state index in [1.54, 1.807) is 0 Å². The highest BCUT2D eigenvalue weighted by Crippen LogP contribution is 2.16. The number of aromatic nitrogens is 3. The average molecular weight is 325 g/mol. The molecule has 0 amide bonds. The molecule has 0 radical (unpaired) electrons. The van der Waals surface area contributed by atoms with Crippen LogP contribution in [0.1, 0.15) is 66.1 Å². The van der Waals surface area contributed by atoms with E-state index in [0.717, 1.165) is 44.7 Å². The fourth-order valence-corrected chi connectivity index (χ4v) is 2.20. The van der Waals surface area contributed by atoms with Gasteiger partial charge in [-0.2, -0.15) is 0 Å². The lowest BCUT2D eigenvalue weighted by molar-refractivity contribution is -0.0319. The van der Waals surface area contributed by atoms with Crippen molar-refractivity contribution in [3.8, 4) is 0 Å². The van der Waals surface area contributed by atoms with Crippen molar-refractivity contribution < 1.29 is 4.74 Å². The molecular formula is C18H36N4O. The van der Waals surface area contributed by atoms with Gasteiger partial charge in [-0.15, -0.1) is 5.10 Å². The van der Waals surface area contributed by atoms with E-state index in [1.165, 1.54) is 0 Å². The number of hydrogen-bond acceptors (Lipinski definition) is 4. The maximum atomic E-state index is 6.03. The Morgan fingerprint density at radius 2 is 1.91 bits per heavy atom. The molecule has 0 atom stereocenters. The second-order valence-electron chi connectivity index (χ2n) is 7.88. The van der Waals surface area contributed by atoms with Crippen molar-refractivity contribution in [3.63, 3.8) is 0 Å². The Morgan fingerprint density at radius 1 is 1.22 bits per heavy atom. The number of ether oxygens (including phenoxy) is 1. The van der Waals surface area contributed by atoms with Crippen molar-refractivity contribution >= 4 is 0 Å². The van der Waals surface area contributed by atoms with Crippen LogP contribution in [0.3, 0.4) is 0 Å². The predicted molar refractivity (Wildman–Crippen MR) is 95.7 cm³/mol. The van der Waals surface area contributed by atoms with Crippen molar-refractivity contribution in [2.24, 2.45) is 5.92 Å². The first kappa shape index (κ1) is 20.1. The van der Waals surface area contributed by atoms with Crippen molar-refractivity contribution in [2.45, 2.75) is 72.4 Å². The van der Waals surface area contributed by atoms with Gasteiger partial charge in [-0.3, -0.25) is 0 Å². The topological polar surface area (TPSA) is 43.2 Å². The molecule has 0 aliphatic heterocycles. The van der Waals surface area contributed by atoms with Crippen LogP contribution in [0.4, 0.5) is 0 Å². The van der Waals surface area contributed by atoms with Crippen LogP contribution in [0.5, 0.6) is 0 Å². The SMILES string of the molecule is CC(C)CCOC(C)(C)CCN(C)CCc1cn(C(C)C)nn1. The smallest absolute Gasteiger partial charge is 0.0840 e. The standard InChI is InChI=1S/C18H36N4O/c1-15(2)9-13-23-18(5,6)10-12-21(7)11-8-17-14-22(16(3)4)20-19-17/h14-16H,8-13H2,1-7H3. The third kappa shape index (κ3) is 8.47. The third-order valence-electron chi connectivity index (χ3n) is 4.12. The van der Waals surface area contributed by atoms with Crippen LogP contribution in [-0.4, -0.2) is 52.2 Å². The highest BCUT2D eigenvalue weighted by atomic mass is 16.5. The second-order valence-corrected chi connectivity index (χ2v) is 7.88. The highest BCUT2D eigenvalue weighted by molar-refractivity contribution is 4.93. The monoisotopic (exact) mass is 324 g/mol. The zero-order valence-corrected chi connectivity index (χ0v) is 16.2. The molecule has 1 heterocycles. The molecule has 0 spiro atoms. The van der Waals surface area contributed by atoms with Gasteiger partial charge < -0.3 is 9.64 Å². The fraction of sp³-hybridized carbons (Fsp3) is 0.889. The van der Waals surface area contributed by atoms with E-state index in [4.69, 9.17) is 4.74 Å². The molecule has 1 aromatic heterocycles. The average Bonchev–Trinajstić information content (AvgIpc) is 2.91.